The van der Waals surface area contributed by atoms with Crippen LogP contribution in [0.2, 0.25) is 0 Å². The van der Waals surface area contributed by atoms with E-state index in [0.717, 1.165) is 36.1 Å². The van der Waals surface area contributed by atoms with Crippen LogP contribution in [-0.4, -0.2) is 6.54 Å². The van der Waals surface area contributed by atoms with Crippen molar-refractivity contribution in [3.8, 4) is 0 Å². The lowest BCUT2D eigenvalue weighted by atomic mass is 9.97. The van der Waals surface area contributed by atoms with Gasteiger partial charge in [0, 0.05) is 11.6 Å². The minimum absolute atomic E-state index is 0.166. The van der Waals surface area contributed by atoms with Gasteiger partial charge in [-0.1, -0.05) is 13.0 Å². The third-order valence-corrected chi connectivity index (χ3v) is 3.32. The smallest absolute Gasteiger partial charge is 0.123 e. The quantitative estimate of drug-likeness (QED) is 0.850. The molecule has 0 saturated heterocycles. The summed E-state index contributed by atoms with van der Waals surface area (Å²) in [4.78, 5) is 0. The summed E-state index contributed by atoms with van der Waals surface area (Å²) in [6.07, 6.45) is 5.26. The highest BCUT2D eigenvalue weighted by atomic mass is 19.1. The van der Waals surface area contributed by atoms with Crippen LogP contribution in [-0.2, 0) is 6.42 Å². The molecule has 0 amide bonds. The Balaban J connectivity index is 2.17. The lowest BCUT2D eigenvalue weighted by molar-refractivity contribution is 0.510. The summed E-state index contributed by atoms with van der Waals surface area (Å²) in [7, 11) is 0. The molecule has 2 rings (SSSR count). The lowest BCUT2D eigenvalue weighted by Gasteiger charge is -2.18. The molecule has 1 heterocycles. The first-order valence-electron chi connectivity index (χ1n) is 6.71. The molecule has 102 valence electrons. The van der Waals surface area contributed by atoms with E-state index >= 15 is 0 Å². The first-order chi connectivity index (χ1) is 9.20. The second-order valence-electron chi connectivity index (χ2n) is 4.84. The molecule has 1 aromatic heterocycles. The van der Waals surface area contributed by atoms with Gasteiger partial charge in [-0.25, -0.2) is 4.39 Å². The number of aryl methyl sites for hydroxylation is 1. The molecule has 19 heavy (non-hydrogen) atoms. The highest BCUT2D eigenvalue weighted by Gasteiger charge is 2.14. The van der Waals surface area contributed by atoms with Crippen molar-refractivity contribution >= 4 is 0 Å². The zero-order valence-corrected chi connectivity index (χ0v) is 11.4. The lowest BCUT2D eigenvalue weighted by Crippen LogP contribution is -2.24. The Morgan fingerprint density at radius 3 is 2.84 bits per heavy atom. The Morgan fingerprint density at radius 1 is 1.32 bits per heavy atom. The highest BCUT2D eigenvalue weighted by molar-refractivity contribution is 5.29. The van der Waals surface area contributed by atoms with Gasteiger partial charge in [0.05, 0.1) is 12.5 Å². The van der Waals surface area contributed by atoms with Crippen molar-refractivity contribution in [2.45, 2.75) is 32.7 Å². The molecule has 1 unspecified atom stereocenters. The predicted octanol–water partition coefficient (Wildman–Crippen LogP) is 4.01. The average molecular weight is 261 g/mol. The molecule has 0 aliphatic heterocycles. The van der Waals surface area contributed by atoms with Crippen LogP contribution in [0.1, 0.15) is 36.1 Å². The molecule has 3 heteroatoms. The number of nitrogens with one attached hydrogen (secondary N) is 1. The van der Waals surface area contributed by atoms with Gasteiger partial charge in [-0.3, -0.25) is 0 Å². The van der Waals surface area contributed by atoms with Gasteiger partial charge in [-0.15, -0.1) is 0 Å². The molecule has 0 bridgehead atoms. The first kappa shape index (κ1) is 13.8. The number of hydrogen-bond donors (Lipinski definition) is 1. The van der Waals surface area contributed by atoms with E-state index in [1.54, 1.807) is 18.6 Å². The van der Waals surface area contributed by atoms with Crippen molar-refractivity contribution < 1.29 is 8.81 Å². The number of halogens is 1. The summed E-state index contributed by atoms with van der Waals surface area (Å²) >= 11 is 0. The summed E-state index contributed by atoms with van der Waals surface area (Å²) in [6, 6.07) is 7.08. The van der Waals surface area contributed by atoms with E-state index < -0.39 is 0 Å². The zero-order chi connectivity index (χ0) is 13.7. The number of furan rings is 1. The number of hydrogen-bond acceptors (Lipinski definition) is 2. The van der Waals surface area contributed by atoms with Crippen molar-refractivity contribution in [1.29, 1.82) is 0 Å². The van der Waals surface area contributed by atoms with Gasteiger partial charge in [-0.2, -0.15) is 0 Å². The average Bonchev–Trinajstić information content (AvgIpc) is 2.92. The van der Waals surface area contributed by atoms with Crippen LogP contribution in [0.25, 0.3) is 0 Å². The molecular formula is C16H20FNO. The minimum Gasteiger partial charge on any atom is -0.472 e. The molecule has 0 spiro atoms. The van der Waals surface area contributed by atoms with Crippen LogP contribution in [0.4, 0.5) is 4.39 Å². The van der Waals surface area contributed by atoms with Gasteiger partial charge in [0.15, 0.2) is 0 Å². The van der Waals surface area contributed by atoms with Gasteiger partial charge in [0.2, 0.25) is 0 Å². The van der Waals surface area contributed by atoms with Gasteiger partial charge in [0.1, 0.15) is 5.82 Å². The van der Waals surface area contributed by atoms with Crippen molar-refractivity contribution in [3.05, 3.63) is 59.3 Å². The van der Waals surface area contributed by atoms with E-state index in [1.807, 2.05) is 19.1 Å². The van der Waals surface area contributed by atoms with E-state index in [9.17, 15) is 4.39 Å². The number of rotatable bonds is 6. The molecule has 1 N–H and O–H groups in total. The Labute approximate surface area is 113 Å². The second kappa shape index (κ2) is 6.53. The minimum atomic E-state index is -0.179. The molecule has 0 saturated carbocycles. The van der Waals surface area contributed by atoms with Crippen LogP contribution in [0, 0.1) is 12.7 Å². The van der Waals surface area contributed by atoms with E-state index in [4.69, 9.17) is 4.42 Å². The summed E-state index contributed by atoms with van der Waals surface area (Å²) in [5, 5.41) is 3.48. The van der Waals surface area contributed by atoms with Crippen molar-refractivity contribution in [3.63, 3.8) is 0 Å². The van der Waals surface area contributed by atoms with Crippen LogP contribution in [0.15, 0.2) is 41.2 Å². The summed E-state index contributed by atoms with van der Waals surface area (Å²) in [5.74, 6) is -0.179. The third kappa shape index (κ3) is 3.67. The Hall–Kier alpha value is -1.61. The van der Waals surface area contributed by atoms with Crippen molar-refractivity contribution in [1.82, 2.24) is 5.32 Å². The fraction of sp³-hybridized carbons (Fsp3) is 0.375. The molecule has 2 aromatic rings. The molecule has 0 fully saturated rings. The molecule has 0 aliphatic rings. The maximum absolute atomic E-state index is 13.4. The largest absolute Gasteiger partial charge is 0.472 e. The fourth-order valence-corrected chi connectivity index (χ4v) is 2.18. The topological polar surface area (TPSA) is 25.2 Å². The highest BCUT2D eigenvalue weighted by Crippen LogP contribution is 2.21. The van der Waals surface area contributed by atoms with Crippen molar-refractivity contribution in [2.75, 3.05) is 6.54 Å². The van der Waals surface area contributed by atoms with Crippen molar-refractivity contribution in [2.24, 2.45) is 0 Å². The Kier molecular flexibility index (Phi) is 4.74. The van der Waals surface area contributed by atoms with Crippen LogP contribution >= 0.6 is 0 Å². The van der Waals surface area contributed by atoms with Gasteiger partial charge in [0.25, 0.3) is 0 Å². The predicted molar refractivity (Wildman–Crippen MR) is 74.6 cm³/mol. The summed E-state index contributed by atoms with van der Waals surface area (Å²) in [6.45, 7) is 5.08. The van der Waals surface area contributed by atoms with E-state index in [0.29, 0.717) is 0 Å². The van der Waals surface area contributed by atoms with Gasteiger partial charge < -0.3 is 9.73 Å². The van der Waals surface area contributed by atoms with Crippen LogP contribution < -0.4 is 5.32 Å². The van der Waals surface area contributed by atoms with E-state index in [-0.39, 0.29) is 11.9 Å². The first-order valence-corrected chi connectivity index (χ1v) is 6.71. The molecular weight excluding hydrogens is 241 g/mol. The molecule has 2 nitrogen and oxygen atoms in total. The molecule has 1 aromatic carbocycles. The summed E-state index contributed by atoms with van der Waals surface area (Å²) < 4.78 is 18.5. The SMILES string of the molecule is CCCNC(Cc1cc(F)ccc1C)c1ccoc1. The van der Waals surface area contributed by atoms with Gasteiger partial charge >= 0.3 is 0 Å². The second-order valence-corrected chi connectivity index (χ2v) is 4.84. The summed E-state index contributed by atoms with van der Waals surface area (Å²) in [5.41, 5.74) is 3.26. The van der Waals surface area contributed by atoms with Gasteiger partial charge in [-0.05, 0) is 55.6 Å². The standard InChI is InChI=1S/C16H20FNO/c1-3-7-18-16(13-6-8-19-11-13)10-14-9-15(17)5-4-12(14)2/h4-6,8-9,11,16,18H,3,7,10H2,1-2H3. The van der Waals surface area contributed by atoms with Crippen LogP contribution in [0.5, 0.6) is 0 Å². The molecule has 0 aliphatic carbocycles. The number of benzene rings is 1. The Bertz CT molecular complexity index is 507. The molecule has 0 radical (unpaired) electrons. The van der Waals surface area contributed by atoms with Crippen LogP contribution in [0.3, 0.4) is 0 Å². The van der Waals surface area contributed by atoms with E-state index in [2.05, 4.69) is 12.2 Å². The third-order valence-electron chi connectivity index (χ3n) is 3.32. The van der Waals surface area contributed by atoms with E-state index in [1.165, 1.54) is 6.07 Å². The fourth-order valence-electron chi connectivity index (χ4n) is 2.18. The monoisotopic (exact) mass is 261 g/mol. The molecule has 1 atom stereocenters. The normalized spacial score (nSPS) is 12.6. The maximum Gasteiger partial charge on any atom is 0.123 e. The maximum atomic E-state index is 13.4. The Morgan fingerprint density at radius 2 is 2.16 bits per heavy atom. The zero-order valence-electron chi connectivity index (χ0n) is 11.4.